The highest BCUT2D eigenvalue weighted by atomic mass is 35.5. The van der Waals surface area contributed by atoms with E-state index in [2.05, 4.69) is 5.32 Å². The molecule has 0 atom stereocenters. The van der Waals surface area contributed by atoms with Gasteiger partial charge in [0.2, 0.25) is 0 Å². The summed E-state index contributed by atoms with van der Waals surface area (Å²) in [7, 11) is 1.53. The lowest BCUT2D eigenvalue weighted by atomic mass is 10.0. The zero-order chi connectivity index (χ0) is 23.0. The molecule has 0 unspecified atom stereocenters. The van der Waals surface area contributed by atoms with Crippen LogP contribution in [0.4, 0.5) is 11.4 Å². The Morgan fingerprint density at radius 1 is 0.875 bits per heavy atom. The maximum Gasteiger partial charge on any atom is 0.282 e. The van der Waals surface area contributed by atoms with Crippen molar-refractivity contribution in [2.45, 2.75) is 13.8 Å². The number of carbonyl (C=O) groups excluding carboxylic acids is 2. The summed E-state index contributed by atoms with van der Waals surface area (Å²) >= 11 is 12.3. The van der Waals surface area contributed by atoms with Gasteiger partial charge in [-0.25, -0.2) is 4.90 Å². The third-order valence-corrected chi connectivity index (χ3v) is 5.78. The second-order valence-corrected chi connectivity index (χ2v) is 8.31. The van der Waals surface area contributed by atoms with Crippen LogP contribution < -0.4 is 15.0 Å². The summed E-state index contributed by atoms with van der Waals surface area (Å²) in [6, 6.07) is 17.6. The van der Waals surface area contributed by atoms with Gasteiger partial charge in [0.25, 0.3) is 11.8 Å². The highest BCUT2D eigenvalue weighted by molar-refractivity contribution is 6.46. The third-order valence-electron chi connectivity index (χ3n) is 5.25. The van der Waals surface area contributed by atoms with Gasteiger partial charge in [-0.3, -0.25) is 9.59 Å². The zero-order valence-corrected chi connectivity index (χ0v) is 19.2. The summed E-state index contributed by atoms with van der Waals surface area (Å²) in [6.07, 6.45) is 0. The molecule has 2 amide bonds. The molecule has 1 aliphatic rings. The molecule has 3 aromatic carbocycles. The van der Waals surface area contributed by atoms with Crippen molar-refractivity contribution in [1.82, 2.24) is 0 Å². The molecule has 162 valence electrons. The monoisotopic (exact) mass is 466 g/mol. The van der Waals surface area contributed by atoms with Crippen LogP contribution in [0.15, 0.2) is 66.4 Å². The van der Waals surface area contributed by atoms with Crippen LogP contribution in [-0.2, 0) is 9.59 Å². The number of imide groups is 1. The number of methoxy groups -OCH3 is 1. The first-order chi connectivity index (χ1) is 15.3. The predicted molar refractivity (Wildman–Crippen MR) is 128 cm³/mol. The number of hydrogen-bond acceptors (Lipinski definition) is 4. The Labute approximate surface area is 196 Å². The highest BCUT2D eigenvalue weighted by Crippen LogP contribution is 2.36. The van der Waals surface area contributed by atoms with Crippen molar-refractivity contribution in [3.05, 3.63) is 93.1 Å². The van der Waals surface area contributed by atoms with Gasteiger partial charge in [-0.05, 0) is 61.4 Å². The fourth-order valence-corrected chi connectivity index (χ4v) is 4.10. The van der Waals surface area contributed by atoms with E-state index in [1.807, 2.05) is 38.1 Å². The molecule has 1 aliphatic heterocycles. The van der Waals surface area contributed by atoms with Crippen molar-refractivity contribution in [1.29, 1.82) is 0 Å². The number of anilines is 2. The minimum absolute atomic E-state index is 0.175. The number of ether oxygens (including phenoxy) is 1. The fraction of sp³-hybridized carbons (Fsp3) is 0.120. The molecule has 0 spiro atoms. The Balaban J connectivity index is 1.82. The van der Waals surface area contributed by atoms with Crippen molar-refractivity contribution in [3.63, 3.8) is 0 Å². The molecular formula is C25H20Cl2N2O3. The van der Waals surface area contributed by atoms with E-state index < -0.39 is 11.8 Å². The normalized spacial score (nSPS) is 13.7. The van der Waals surface area contributed by atoms with E-state index in [0.29, 0.717) is 32.7 Å². The molecule has 5 nitrogen and oxygen atoms in total. The molecular weight excluding hydrogens is 447 g/mol. The van der Waals surface area contributed by atoms with Gasteiger partial charge in [-0.15, -0.1) is 0 Å². The molecule has 0 aliphatic carbocycles. The van der Waals surface area contributed by atoms with Crippen LogP contribution in [0.3, 0.4) is 0 Å². The number of aryl methyl sites for hydroxylation is 2. The Bertz CT molecular complexity index is 1270. The lowest BCUT2D eigenvalue weighted by molar-refractivity contribution is -0.120. The van der Waals surface area contributed by atoms with Crippen LogP contribution in [0.1, 0.15) is 16.7 Å². The number of benzene rings is 3. The Morgan fingerprint density at radius 3 is 2.22 bits per heavy atom. The third kappa shape index (κ3) is 3.97. The molecule has 0 saturated carbocycles. The summed E-state index contributed by atoms with van der Waals surface area (Å²) in [4.78, 5) is 28.2. The Morgan fingerprint density at radius 2 is 1.59 bits per heavy atom. The highest BCUT2D eigenvalue weighted by Gasteiger charge is 2.40. The van der Waals surface area contributed by atoms with E-state index in [-0.39, 0.29) is 11.3 Å². The lowest BCUT2D eigenvalue weighted by Crippen LogP contribution is -2.33. The van der Waals surface area contributed by atoms with Gasteiger partial charge in [0.15, 0.2) is 0 Å². The van der Waals surface area contributed by atoms with Gasteiger partial charge < -0.3 is 10.1 Å². The molecule has 0 fully saturated rings. The number of nitrogens with zero attached hydrogens (tertiary/aromatic N) is 1. The van der Waals surface area contributed by atoms with Gasteiger partial charge in [0.1, 0.15) is 11.4 Å². The standard InChI is InChI=1S/C25H20Cl2N2O3/c1-14-4-6-16(7-5-14)22-23(28-18-9-11-21(32-3)19(27)13-18)25(31)29(24(22)30)20-10-8-17(26)12-15(20)2/h4-13,28H,1-3H3. The van der Waals surface area contributed by atoms with Crippen LogP contribution in [-0.4, -0.2) is 18.9 Å². The molecule has 1 N–H and O–H groups in total. The van der Waals surface area contributed by atoms with E-state index in [0.717, 1.165) is 11.1 Å². The number of halogens is 2. The maximum atomic E-state index is 13.5. The molecule has 1 heterocycles. The molecule has 0 radical (unpaired) electrons. The van der Waals surface area contributed by atoms with E-state index in [9.17, 15) is 9.59 Å². The van der Waals surface area contributed by atoms with E-state index >= 15 is 0 Å². The largest absolute Gasteiger partial charge is 0.495 e. The SMILES string of the molecule is COc1ccc(NC2=C(c3ccc(C)cc3)C(=O)N(c3ccc(Cl)cc3C)C2=O)cc1Cl. The first kappa shape index (κ1) is 21.9. The van der Waals surface area contributed by atoms with Crippen LogP contribution in [0, 0.1) is 13.8 Å². The second kappa shape index (κ2) is 8.69. The lowest BCUT2D eigenvalue weighted by Gasteiger charge is -2.18. The van der Waals surface area contributed by atoms with Crippen LogP contribution >= 0.6 is 23.2 Å². The minimum atomic E-state index is -0.456. The topological polar surface area (TPSA) is 58.6 Å². The summed E-state index contributed by atoms with van der Waals surface area (Å²) in [5, 5.41) is 4.03. The average molecular weight is 467 g/mol. The maximum absolute atomic E-state index is 13.5. The summed E-state index contributed by atoms with van der Waals surface area (Å²) in [5.41, 5.74) is 3.92. The number of nitrogens with one attached hydrogen (secondary N) is 1. The van der Waals surface area contributed by atoms with E-state index in [1.165, 1.54) is 12.0 Å². The summed E-state index contributed by atoms with van der Waals surface area (Å²) in [6.45, 7) is 3.77. The van der Waals surface area contributed by atoms with Gasteiger partial charge in [-0.1, -0.05) is 53.0 Å². The number of hydrogen-bond donors (Lipinski definition) is 1. The first-order valence-corrected chi connectivity index (χ1v) is 10.6. The summed E-state index contributed by atoms with van der Waals surface area (Å²) < 4.78 is 5.20. The quantitative estimate of drug-likeness (QED) is 0.467. The van der Waals surface area contributed by atoms with Gasteiger partial charge in [-0.2, -0.15) is 0 Å². The number of carbonyl (C=O) groups is 2. The van der Waals surface area contributed by atoms with Crippen LogP contribution in [0.2, 0.25) is 10.0 Å². The average Bonchev–Trinajstić information content (AvgIpc) is 2.99. The van der Waals surface area contributed by atoms with Crippen molar-refractivity contribution in [3.8, 4) is 5.75 Å². The van der Waals surface area contributed by atoms with Gasteiger partial charge in [0.05, 0.1) is 23.4 Å². The van der Waals surface area contributed by atoms with Gasteiger partial charge >= 0.3 is 0 Å². The number of amides is 2. The van der Waals surface area contributed by atoms with Crippen molar-refractivity contribution >= 4 is 52.0 Å². The number of rotatable bonds is 5. The molecule has 4 rings (SSSR count). The molecule has 0 aromatic heterocycles. The second-order valence-electron chi connectivity index (χ2n) is 7.47. The summed E-state index contributed by atoms with van der Waals surface area (Å²) in [5.74, 6) is -0.355. The first-order valence-electron chi connectivity index (χ1n) is 9.87. The Hall–Kier alpha value is -3.28. The van der Waals surface area contributed by atoms with Crippen LogP contribution in [0.5, 0.6) is 5.75 Å². The fourth-order valence-electron chi connectivity index (χ4n) is 3.61. The van der Waals surface area contributed by atoms with Gasteiger partial charge in [0, 0.05) is 10.7 Å². The molecule has 3 aromatic rings. The Kier molecular flexibility index (Phi) is 5.96. The molecule has 7 heteroatoms. The zero-order valence-electron chi connectivity index (χ0n) is 17.7. The van der Waals surface area contributed by atoms with Crippen LogP contribution in [0.25, 0.3) is 5.57 Å². The van der Waals surface area contributed by atoms with E-state index in [1.54, 1.807) is 36.4 Å². The minimum Gasteiger partial charge on any atom is -0.495 e. The predicted octanol–water partition coefficient (Wildman–Crippen LogP) is 6.02. The molecule has 32 heavy (non-hydrogen) atoms. The smallest absolute Gasteiger partial charge is 0.282 e. The molecule has 0 bridgehead atoms. The van der Waals surface area contributed by atoms with Crippen molar-refractivity contribution < 1.29 is 14.3 Å². The van der Waals surface area contributed by atoms with Crippen molar-refractivity contribution in [2.24, 2.45) is 0 Å². The molecule has 0 saturated heterocycles. The van der Waals surface area contributed by atoms with Crippen molar-refractivity contribution in [2.75, 3.05) is 17.3 Å². The van der Waals surface area contributed by atoms with E-state index in [4.69, 9.17) is 27.9 Å².